The molecule has 2 amide bonds. The van der Waals surface area contributed by atoms with E-state index < -0.39 is 0 Å². The summed E-state index contributed by atoms with van der Waals surface area (Å²) in [5.74, 6) is 0.497. The molecule has 0 saturated carbocycles. The van der Waals surface area contributed by atoms with Gasteiger partial charge in [-0.15, -0.1) is 0 Å². The van der Waals surface area contributed by atoms with Crippen LogP contribution >= 0.6 is 24.0 Å². The maximum absolute atomic E-state index is 13.0. The molecule has 1 aliphatic heterocycles. The number of benzene rings is 3. The van der Waals surface area contributed by atoms with Crippen molar-refractivity contribution >= 4 is 57.6 Å². The Balaban J connectivity index is 1.48. The highest BCUT2D eigenvalue weighted by atomic mass is 32.2. The summed E-state index contributed by atoms with van der Waals surface area (Å²) in [4.78, 5) is 27.4. The molecule has 0 aliphatic carbocycles. The van der Waals surface area contributed by atoms with Crippen molar-refractivity contribution in [3.05, 3.63) is 88.8 Å². The van der Waals surface area contributed by atoms with Crippen LogP contribution < -0.4 is 19.7 Å². The first-order valence-electron chi connectivity index (χ1n) is 11.0. The molecule has 1 N–H and O–H groups in total. The monoisotopic (exact) mass is 504 g/mol. The normalized spacial score (nSPS) is 14.3. The minimum absolute atomic E-state index is 0.163. The molecular weight excluding hydrogens is 480 g/mol. The van der Waals surface area contributed by atoms with E-state index in [9.17, 15) is 9.59 Å². The molecule has 0 aromatic heterocycles. The van der Waals surface area contributed by atoms with Crippen molar-refractivity contribution in [3.8, 4) is 11.5 Å². The van der Waals surface area contributed by atoms with Crippen LogP contribution in [0.3, 0.4) is 0 Å². The highest BCUT2D eigenvalue weighted by molar-refractivity contribution is 8.27. The minimum Gasteiger partial charge on any atom is -0.490 e. The number of para-hydroxylation sites is 2. The minimum atomic E-state index is -0.268. The number of ether oxygens (including phenoxy) is 2. The molecule has 1 aliphatic rings. The molecule has 0 atom stereocenters. The fourth-order valence-corrected chi connectivity index (χ4v) is 4.76. The number of anilines is 2. The summed E-state index contributed by atoms with van der Waals surface area (Å²) in [6.07, 6.45) is 1.78. The van der Waals surface area contributed by atoms with E-state index in [2.05, 4.69) is 5.32 Å². The highest BCUT2D eigenvalue weighted by Gasteiger charge is 2.33. The number of hydrogen-bond acceptors (Lipinski definition) is 6. The van der Waals surface area contributed by atoms with Crippen molar-refractivity contribution in [3.63, 3.8) is 0 Å². The average Bonchev–Trinajstić information content (AvgIpc) is 3.13. The average molecular weight is 505 g/mol. The Bertz CT molecular complexity index is 1290. The summed E-state index contributed by atoms with van der Waals surface area (Å²) in [5.41, 5.74) is 3.21. The van der Waals surface area contributed by atoms with Gasteiger partial charge < -0.3 is 14.8 Å². The van der Waals surface area contributed by atoms with Crippen LogP contribution in [0.15, 0.2) is 77.7 Å². The van der Waals surface area contributed by atoms with E-state index in [0.717, 1.165) is 22.5 Å². The lowest BCUT2D eigenvalue weighted by molar-refractivity contribution is -0.118. The second kappa shape index (κ2) is 11.2. The molecule has 3 aromatic rings. The summed E-state index contributed by atoms with van der Waals surface area (Å²) in [6, 6.07) is 22.2. The second-order valence-corrected chi connectivity index (χ2v) is 9.32. The first kappa shape index (κ1) is 24.5. The van der Waals surface area contributed by atoms with E-state index in [1.54, 1.807) is 18.2 Å². The topological polar surface area (TPSA) is 67.9 Å². The standard InChI is InChI=1S/C27H24N2O4S2/c1-3-32-23-15-19(16-24-26(31)29(27(34)35-24)20-10-5-4-6-11-20)13-14-22(23)33-17-25(30)28-21-12-8-7-9-18(21)2/h4-16H,3,17H2,1-2H3,(H,28,30)/b24-16-. The van der Waals surface area contributed by atoms with Crippen LogP contribution in [0.1, 0.15) is 18.1 Å². The van der Waals surface area contributed by atoms with E-state index in [1.165, 1.54) is 16.7 Å². The fraction of sp³-hybridized carbons (Fsp3) is 0.148. The predicted molar refractivity (Wildman–Crippen MR) is 145 cm³/mol. The maximum Gasteiger partial charge on any atom is 0.270 e. The van der Waals surface area contributed by atoms with Crippen LogP contribution in [0.25, 0.3) is 6.08 Å². The van der Waals surface area contributed by atoms with Gasteiger partial charge in [0.1, 0.15) is 0 Å². The van der Waals surface area contributed by atoms with Crippen LogP contribution in [0.2, 0.25) is 0 Å². The summed E-state index contributed by atoms with van der Waals surface area (Å²) in [5, 5.41) is 2.85. The van der Waals surface area contributed by atoms with Gasteiger partial charge in [-0.25, -0.2) is 0 Å². The summed E-state index contributed by atoms with van der Waals surface area (Å²) >= 11 is 6.69. The third-order valence-corrected chi connectivity index (χ3v) is 6.45. The maximum atomic E-state index is 13.0. The van der Waals surface area contributed by atoms with E-state index >= 15 is 0 Å². The molecule has 1 heterocycles. The lowest BCUT2D eigenvalue weighted by Gasteiger charge is -2.14. The Hall–Kier alpha value is -3.62. The molecule has 35 heavy (non-hydrogen) atoms. The zero-order valence-corrected chi connectivity index (χ0v) is 20.9. The van der Waals surface area contributed by atoms with Crippen molar-refractivity contribution < 1.29 is 19.1 Å². The van der Waals surface area contributed by atoms with Crippen LogP contribution in [0, 0.1) is 6.92 Å². The summed E-state index contributed by atoms with van der Waals surface area (Å²) < 4.78 is 12.0. The van der Waals surface area contributed by atoms with Crippen LogP contribution in [-0.2, 0) is 9.59 Å². The summed E-state index contributed by atoms with van der Waals surface area (Å²) in [7, 11) is 0. The number of thioether (sulfide) groups is 1. The predicted octanol–water partition coefficient (Wildman–Crippen LogP) is 5.82. The van der Waals surface area contributed by atoms with Gasteiger partial charge in [-0.05, 0) is 61.4 Å². The van der Waals surface area contributed by atoms with Gasteiger partial charge in [0, 0.05) is 5.69 Å². The molecule has 178 valence electrons. The van der Waals surface area contributed by atoms with Crippen LogP contribution in [0.5, 0.6) is 11.5 Å². The number of nitrogens with zero attached hydrogens (tertiary/aromatic N) is 1. The smallest absolute Gasteiger partial charge is 0.270 e. The van der Waals surface area contributed by atoms with Gasteiger partial charge in [-0.3, -0.25) is 14.5 Å². The molecule has 1 fully saturated rings. The third-order valence-electron chi connectivity index (χ3n) is 5.15. The Morgan fingerprint density at radius 2 is 1.77 bits per heavy atom. The SMILES string of the molecule is CCOc1cc(/C=C2\SC(=S)N(c3ccccc3)C2=O)ccc1OCC(=O)Nc1ccccc1C. The number of carbonyl (C=O) groups excluding carboxylic acids is 2. The van der Waals surface area contributed by atoms with Crippen molar-refractivity contribution in [2.24, 2.45) is 0 Å². The largest absolute Gasteiger partial charge is 0.490 e. The molecule has 0 radical (unpaired) electrons. The number of hydrogen-bond donors (Lipinski definition) is 1. The van der Waals surface area contributed by atoms with Crippen molar-refractivity contribution in [1.29, 1.82) is 0 Å². The molecule has 0 spiro atoms. The molecule has 4 rings (SSSR count). The van der Waals surface area contributed by atoms with Gasteiger partial charge >= 0.3 is 0 Å². The molecule has 0 bridgehead atoms. The van der Waals surface area contributed by atoms with Crippen molar-refractivity contribution in [2.45, 2.75) is 13.8 Å². The molecular formula is C27H24N2O4S2. The van der Waals surface area contributed by atoms with Gasteiger partial charge in [-0.1, -0.05) is 66.4 Å². The molecule has 8 heteroatoms. The first-order chi connectivity index (χ1) is 17.0. The zero-order valence-electron chi connectivity index (χ0n) is 19.3. The lowest BCUT2D eigenvalue weighted by atomic mass is 10.1. The van der Waals surface area contributed by atoms with Gasteiger partial charge in [-0.2, -0.15) is 0 Å². The lowest BCUT2D eigenvalue weighted by Crippen LogP contribution is -2.27. The quantitative estimate of drug-likeness (QED) is 0.308. The van der Waals surface area contributed by atoms with Crippen molar-refractivity contribution in [1.82, 2.24) is 0 Å². The molecule has 3 aromatic carbocycles. The Labute approximate surface area is 213 Å². The molecule has 6 nitrogen and oxygen atoms in total. The number of nitrogens with one attached hydrogen (secondary N) is 1. The van der Waals surface area contributed by atoms with E-state index in [0.29, 0.717) is 27.3 Å². The van der Waals surface area contributed by atoms with Gasteiger partial charge in [0.05, 0.1) is 17.2 Å². The van der Waals surface area contributed by atoms with Gasteiger partial charge in [0.2, 0.25) is 0 Å². The number of amides is 2. The van der Waals surface area contributed by atoms with Crippen molar-refractivity contribution in [2.75, 3.05) is 23.4 Å². The number of rotatable bonds is 8. The number of aryl methyl sites for hydroxylation is 1. The van der Waals surface area contributed by atoms with Crippen LogP contribution in [-0.4, -0.2) is 29.3 Å². The van der Waals surface area contributed by atoms with E-state index in [1.807, 2.05) is 74.5 Å². The summed E-state index contributed by atoms with van der Waals surface area (Å²) in [6.45, 7) is 4.05. The molecule has 0 unspecified atom stereocenters. The van der Waals surface area contributed by atoms with Gasteiger partial charge in [0.15, 0.2) is 22.4 Å². The fourth-order valence-electron chi connectivity index (χ4n) is 3.46. The number of carbonyl (C=O) groups is 2. The number of thiocarbonyl (C=S) groups is 1. The third kappa shape index (κ3) is 5.90. The molecule has 1 saturated heterocycles. The van der Waals surface area contributed by atoms with E-state index in [-0.39, 0.29) is 18.4 Å². The zero-order chi connectivity index (χ0) is 24.8. The van der Waals surface area contributed by atoms with Crippen LogP contribution in [0.4, 0.5) is 11.4 Å². The van der Waals surface area contributed by atoms with Gasteiger partial charge in [0.25, 0.3) is 11.8 Å². The Morgan fingerprint density at radius 3 is 2.51 bits per heavy atom. The van der Waals surface area contributed by atoms with E-state index in [4.69, 9.17) is 21.7 Å². The first-order valence-corrected chi connectivity index (χ1v) is 12.3. The Kier molecular flexibility index (Phi) is 7.84. The second-order valence-electron chi connectivity index (χ2n) is 7.64. The Morgan fingerprint density at radius 1 is 1.03 bits per heavy atom. The highest BCUT2D eigenvalue weighted by Crippen LogP contribution is 2.37.